The SMILES string of the molecule is Clc1ccc(CNCC2CCNC2)cc1Cl. The molecule has 1 unspecified atom stereocenters. The van der Waals surface area contributed by atoms with E-state index in [4.69, 9.17) is 23.2 Å². The van der Waals surface area contributed by atoms with Gasteiger partial charge in [-0.3, -0.25) is 0 Å². The normalized spacial score (nSPS) is 20.2. The highest BCUT2D eigenvalue weighted by Gasteiger charge is 2.13. The highest BCUT2D eigenvalue weighted by molar-refractivity contribution is 6.42. The number of rotatable bonds is 4. The smallest absolute Gasteiger partial charge is 0.0595 e. The Kier molecular flexibility index (Phi) is 4.47. The molecule has 1 saturated heterocycles. The number of halogens is 2. The van der Waals surface area contributed by atoms with Gasteiger partial charge in [0.25, 0.3) is 0 Å². The van der Waals surface area contributed by atoms with Crippen LogP contribution in [-0.4, -0.2) is 19.6 Å². The van der Waals surface area contributed by atoms with E-state index in [0.717, 1.165) is 32.1 Å². The van der Waals surface area contributed by atoms with Gasteiger partial charge in [-0.2, -0.15) is 0 Å². The van der Waals surface area contributed by atoms with Gasteiger partial charge in [-0.1, -0.05) is 29.3 Å². The summed E-state index contributed by atoms with van der Waals surface area (Å²) in [5.41, 5.74) is 1.18. The second kappa shape index (κ2) is 5.87. The third kappa shape index (κ3) is 3.36. The van der Waals surface area contributed by atoms with E-state index in [1.165, 1.54) is 12.0 Å². The lowest BCUT2D eigenvalue weighted by Gasteiger charge is -2.10. The Hall–Kier alpha value is -0.280. The fourth-order valence-electron chi connectivity index (χ4n) is 1.96. The summed E-state index contributed by atoms with van der Waals surface area (Å²) in [5.74, 6) is 0.766. The van der Waals surface area contributed by atoms with E-state index in [1.54, 1.807) is 0 Å². The molecule has 0 aromatic heterocycles. The molecule has 1 aromatic carbocycles. The van der Waals surface area contributed by atoms with Crippen molar-refractivity contribution in [3.8, 4) is 0 Å². The van der Waals surface area contributed by atoms with Gasteiger partial charge in [0.2, 0.25) is 0 Å². The van der Waals surface area contributed by atoms with Crippen LogP contribution in [0.3, 0.4) is 0 Å². The van der Waals surface area contributed by atoms with Crippen LogP contribution in [0.15, 0.2) is 18.2 Å². The van der Waals surface area contributed by atoms with Gasteiger partial charge < -0.3 is 10.6 Å². The zero-order valence-corrected chi connectivity index (χ0v) is 10.6. The lowest BCUT2D eigenvalue weighted by Crippen LogP contribution is -2.24. The van der Waals surface area contributed by atoms with Gasteiger partial charge in [0, 0.05) is 6.54 Å². The van der Waals surface area contributed by atoms with Crippen LogP contribution >= 0.6 is 23.2 Å². The zero-order valence-electron chi connectivity index (χ0n) is 9.10. The minimum atomic E-state index is 0.616. The Morgan fingerprint density at radius 1 is 1.31 bits per heavy atom. The molecule has 0 radical (unpaired) electrons. The molecule has 2 rings (SSSR count). The molecule has 2 nitrogen and oxygen atoms in total. The molecule has 1 aliphatic heterocycles. The quantitative estimate of drug-likeness (QED) is 0.868. The first-order valence-electron chi connectivity index (χ1n) is 5.61. The Balaban J connectivity index is 1.78. The highest BCUT2D eigenvalue weighted by atomic mass is 35.5. The van der Waals surface area contributed by atoms with Crippen LogP contribution < -0.4 is 10.6 Å². The van der Waals surface area contributed by atoms with Crippen molar-refractivity contribution < 1.29 is 0 Å². The second-order valence-electron chi connectivity index (χ2n) is 4.24. The van der Waals surface area contributed by atoms with E-state index in [0.29, 0.717) is 10.0 Å². The van der Waals surface area contributed by atoms with Crippen molar-refractivity contribution in [1.29, 1.82) is 0 Å². The summed E-state index contributed by atoms with van der Waals surface area (Å²) in [4.78, 5) is 0. The monoisotopic (exact) mass is 258 g/mol. The van der Waals surface area contributed by atoms with Crippen molar-refractivity contribution in [1.82, 2.24) is 10.6 Å². The van der Waals surface area contributed by atoms with Gasteiger partial charge in [0.15, 0.2) is 0 Å². The van der Waals surface area contributed by atoms with Crippen LogP contribution in [0.2, 0.25) is 10.0 Å². The third-order valence-corrected chi connectivity index (χ3v) is 3.65. The van der Waals surface area contributed by atoms with Gasteiger partial charge in [0.05, 0.1) is 10.0 Å². The molecular weight excluding hydrogens is 243 g/mol. The fraction of sp³-hybridized carbons (Fsp3) is 0.500. The highest BCUT2D eigenvalue weighted by Crippen LogP contribution is 2.22. The molecule has 0 amide bonds. The molecule has 16 heavy (non-hydrogen) atoms. The maximum atomic E-state index is 5.95. The molecule has 0 saturated carbocycles. The molecule has 88 valence electrons. The minimum Gasteiger partial charge on any atom is -0.316 e. The van der Waals surface area contributed by atoms with E-state index in [9.17, 15) is 0 Å². The predicted octanol–water partition coefficient (Wildman–Crippen LogP) is 2.69. The average molecular weight is 259 g/mol. The number of hydrogen-bond donors (Lipinski definition) is 2. The van der Waals surface area contributed by atoms with Gasteiger partial charge in [-0.15, -0.1) is 0 Å². The average Bonchev–Trinajstić information content (AvgIpc) is 2.76. The van der Waals surface area contributed by atoms with Crippen LogP contribution in [0.1, 0.15) is 12.0 Å². The summed E-state index contributed by atoms with van der Waals surface area (Å²) in [6, 6.07) is 5.77. The summed E-state index contributed by atoms with van der Waals surface area (Å²) in [6.07, 6.45) is 1.27. The van der Waals surface area contributed by atoms with E-state index < -0.39 is 0 Å². The molecule has 4 heteroatoms. The Bertz CT molecular complexity index is 349. The number of nitrogens with one attached hydrogen (secondary N) is 2. The van der Waals surface area contributed by atoms with Crippen molar-refractivity contribution in [2.24, 2.45) is 5.92 Å². The molecule has 1 aliphatic rings. The topological polar surface area (TPSA) is 24.1 Å². The molecule has 0 spiro atoms. The molecule has 1 atom stereocenters. The molecule has 1 fully saturated rings. The summed E-state index contributed by atoms with van der Waals surface area (Å²) < 4.78 is 0. The Labute approximate surface area is 106 Å². The number of benzene rings is 1. The van der Waals surface area contributed by atoms with Gasteiger partial charge in [0.1, 0.15) is 0 Å². The summed E-state index contributed by atoms with van der Waals surface area (Å²) >= 11 is 11.8. The molecular formula is C12H16Cl2N2. The first kappa shape index (κ1) is 12.2. The zero-order chi connectivity index (χ0) is 11.4. The summed E-state index contributed by atoms with van der Waals surface area (Å²) in [7, 11) is 0. The first-order chi connectivity index (χ1) is 7.75. The van der Waals surface area contributed by atoms with Crippen LogP contribution in [0.5, 0.6) is 0 Å². The van der Waals surface area contributed by atoms with E-state index >= 15 is 0 Å². The maximum absolute atomic E-state index is 5.95. The number of hydrogen-bond acceptors (Lipinski definition) is 2. The lowest BCUT2D eigenvalue weighted by molar-refractivity contribution is 0.513. The van der Waals surface area contributed by atoms with Gasteiger partial charge in [-0.25, -0.2) is 0 Å². The second-order valence-corrected chi connectivity index (χ2v) is 5.05. The summed E-state index contributed by atoms with van der Waals surface area (Å²) in [6.45, 7) is 4.20. The van der Waals surface area contributed by atoms with Crippen molar-refractivity contribution in [2.75, 3.05) is 19.6 Å². The van der Waals surface area contributed by atoms with Crippen molar-refractivity contribution >= 4 is 23.2 Å². The van der Waals surface area contributed by atoms with E-state index in [1.807, 2.05) is 18.2 Å². The minimum absolute atomic E-state index is 0.616. The van der Waals surface area contributed by atoms with Gasteiger partial charge in [-0.05, 0) is 49.7 Å². The van der Waals surface area contributed by atoms with Crippen LogP contribution in [0.4, 0.5) is 0 Å². The first-order valence-corrected chi connectivity index (χ1v) is 6.36. The van der Waals surface area contributed by atoms with Crippen LogP contribution in [0, 0.1) is 5.92 Å². The largest absolute Gasteiger partial charge is 0.316 e. The lowest BCUT2D eigenvalue weighted by atomic mass is 10.1. The Morgan fingerprint density at radius 2 is 2.19 bits per heavy atom. The predicted molar refractivity (Wildman–Crippen MR) is 69.1 cm³/mol. The standard InChI is InChI=1S/C12H16Cl2N2/c13-11-2-1-9(5-12(11)14)6-16-8-10-3-4-15-7-10/h1-2,5,10,15-16H,3-4,6-8H2. The maximum Gasteiger partial charge on any atom is 0.0595 e. The van der Waals surface area contributed by atoms with Crippen molar-refractivity contribution in [2.45, 2.75) is 13.0 Å². The van der Waals surface area contributed by atoms with Crippen molar-refractivity contribution in [3.05, 3.63) is 33.8 Å². The third-order valence-electron chi connectivity index (χ3n) is 2.91. The fourth-order valence-corrected chi connectivity index (χ4v) is 2.28. The Morgan fingerprint density at radius 3 is 2.88 bits per heavy atom. The van der Waals surface area contributed by atoms with E-state index in [2.05, 4.69) is 10.6 Å². The van der Waals surface area contributed by atoms with Crippen molar-refractivity contribution in [3.63, 3.8) is 0 Å². The molecule has 2 N–H and O–H groups in total. The van der Waals surface area contributed by atoms with Gasteiger partial charge >= 0.3 is 0 Å². The molecule has 1 heterocycles. The van der Waals surface area contributed by atoms with E-state index in [-0.39, 0.29) is 0 Å². The van der Waals surface area contributed by atoms with Crippen LogP contribution in [0.25, 0.3) is 0 Å². The molecule has 1 aromatic rings. The molecule has 0 bridgehead atoms. The van der Waals surface area contributed by atoms with Crippen LogP contribution in [-0.2, 0) is 6.54 Å². The summed E-state index contributed by atoms with van der Waals surface area (Å²) in [5, 5.41) is 8.05. The molecule has 0 aliphatic carbocycles.